The van der Waals surface area contributed by atoms with Gasteiger partial charge in [0.15, 0.2) is 0 Å². The Morgan fingerprint density at radius 1 is 1.26 bits per heavy atom. The van der Waals surface area contributed by atoms with Crippen LogP contribution in [0.5, 0.6) is 5.88 Å². The maximum Gasteiger partial charge on any atom is 0.213 e. The highest BCUT2D eigenvalue weighted by molar-refractivity contribution is 5.78. The number of methoxy groups -OCH3 is 1. The molecule has 0 bridgehead atoms. The summed E-state index contributed by atoms with van der Waals surface area (Å²) in [6, 6.07) is 5.70. The number of rotatable bonds is 12. The van der Waals surface area contributed by atoms with E-state index in [2.05, 4.69) is 34.4 Å². The Labute approximate surface area is 187 Å². The highest BCUT2D eigenvalue weighted by atomic mass is 16.5. The molecule has 0 radical (unpaired) electrons. The molecule has 31 heavy (non-hydrogen) atoms. The number of aliphatic hydroxyl groups excluding tert-OH is 1. The molecule has 2 aromatic rings. The van der Waals surface area contributed by atoms with Crippen molar-refractivity contribution in [2.75, 3.05) is 26.7 Å². The first-order chi connectivity index (χ1) is 15.1. The third kappa shape index (κ3) is 6.75. The van der Waals surface area contributed by atoms with Gasteiger partial charge in [0.1, 0.15) is 0 Å². The van der Waals surface area contributed by atoms with E-state index in [1.54, 1.807) is 13.3 Å². The molecule has 1 saturated heterocycles. The number of aliphatic hydroxyl groups is 1. The Morgan fingerprint density at radius 2 is 2.10 bits per heavy atom. The summed E-state index contributed by atoms with van der Waals surface area (Å²) in [4.78, 5) is 11.6. The van der Waals surface area contributed by atoms with Gasteiger partial charge in [0.25, 0.3) is 0 Å². The van der Waals surface area contributed by atoms with Gasteiger partial charge in [-0.25, -0.2) is 4.98 Å². The monoisotopic (exact) mass is 425 g/mol. The van der Waals surface area contributed by atoms with E-state index in [9.17, 15) is 5.11 Å². The van der Waals surface area contributed by atoms with E-state index < -0.39 is 6.10 Å². The van der Waals surface area contributed by atoms with Crippen LogP contribution in [0.4, 0.5) is 0 Å². The highest BCUT2D eigenvalue weighted by Crippen LogP contribution is 2.30. The Hall–Kier alpha value is -1.98. The maximum absolute atomic E-state index is 10.9. The average molecular weight is 426 g/mol. The zero-order chi connectivity index (χ0) is 22.1. The van der Waals surface area contributed by atoms with Crippen LogP contribution in [0.1, 0.15) is 57.4 Å². The zero-order valence-corrected chi connectivity index (χ0v) is 19.3. The number of likely N-dealkylation sites (tertiary alicyclic amines) is 1. The molecular formula is C26H39N3O2. The van der Waals surface area contributed by atoms with Gasteiger partial charge < -0.3 is 14.7 Å². The van der Waals surface area contributed by atoms with Gasteiger partial charge in [0.05, 0.1) is 24.2 Å². The van der Waals surface area contributed by atoms with E-state index in [1.165, 1.54) is 38.6 Å². The lowest BCUT2D eigenvalue weighted by Crippen LogP contribution is -2.41. The normalized spacial score (nSPS) is 20.6. The van der Waals surface area contributed by atoms with Gasteiger partial charge in [0.2, 0.25) is 5.88 Å². The molecule has 1 fully saturated rings. The van der Waals surface area contributed by atoms with Crippen molar-refractivity contribution in [2.45, 2.75) is 64.4 Å². The molecule has 2 aromatic heterocycles. The summed E-state index contributed by atoms with van der Waals surface area (Å²) in [6.07, 6.45) is 12.7. The van der Waals surface area contributed by atoms with Gasteiger partial charge in [-0.05, 0) is 61.9 Å². The summed E-state index contributed by atoms with van der Waals surface area (Å²) >= 11 is 0. The van der Waals surface area contributed by atoms with Crippen LogP contribution in [0, 0.1) is 11.8 Å². The minimum absolute atomic E-state index is 0.397. The second-order valence-corrected chi connectivity index (χ2v) is 8.95. The lowest BCUT2D eigenvalue weighted by Gasteiger charge is -2.38. The molecule has 0 aromatic carbocycles. The molecule has 0 aliphatic carbocycles. The van der Waals surface area contributed by atoms with Gasteiger partial charge in [0, 0.05) is 25.2 Å². The Balaban J connectivity index is 1.54. The number of hydrogen-bond acceptors (Lipinski definition) is 5. The Morgan fingerprint density at radius 3 is 2.87 bits per heavy atom. The van der Waals surface area contributed by atoms with Crippen molar-refractivity contribution >= 4 is 11.0 Å². The van der Waals surface area contributed by atoms with Crippen molar-refractivity contribution in [3.63, 3.8) is 0 Å². The second-order valence-electron chi connectivity index (χ2n) is 8.95. The predicted octanol–water partition coefficient (Wildman–Crippen LogP) is 5.03. The highest BCUT2D eigenvalue weighted by Gasteiger charge is 2.29. The van der Waals surface area contributed by atoms with Gasteiger partial charge >= 0.3 is 0 Å². The first kappa shape index (κ1) is 23.7. The number of unbranched alkanes of at least 4 members (excludes halogenated alkanes) is 4. The molecule has 3 rings (SSSR count). The molecular weight excluding hydrogens is 386 g/mol. The molecule has 1 unspecified atom stereocenters. The number of ether oxygens (including phenoxy) is 1. The van der Waals surface area contributed by atoms with Crippen LogP contribution >= 0.6 is 0 Å². The molecule has 1 aliphatic rings. The topological polar surface area (TPSA) is 58.5 Å². The first-order valence-electron chi connectivity index (χ1n) is 12.0. The molecule has 3 heterocycles. The fraction of sp³-hybridized carbons (Fsp3) is 0.615. The molecule has 1 N–H and O–H groups in total. The second kappa shape index (κ2) is 12.2. The van der Waals surface area contributed by atoms with Crippen molar-refractivity contribution in [2.24, 2.45) is 11.8 Å². The molecule has 0 amide bonds. The van der Waals surface area contributed by atoms with Crippen molar-refractivity contribution in [3.8, 4) is 5.88 Å². The zero-order valence-electron chi connectivity index (χ0n) is 19.3. The third-order valence-electron chi connectivity index (χ3n) is 6.65. The molecule has 5 heteroatoms. The van der Waals surface area contributed by atoms with Crippen LogP contribution in [-0.4, -0.2) is 52.8 Å². The minimum Gasteiger partial charge on any atom is -0.481 e. The van der Waals surface area contributed by atoms with Crippen molar-refractivity contribution in [1.82, 2.24) is 14.9 Å². The Kier molecular flexibility index (Phi) is 9.29. The van der Waals surface area contributed by atoms with E-state index in [1.807, 2.05) is 18.2 Å². The van der Waals surface area contributed by atoms with Crippen LogP contribution in [0.3, 0.4) is 0 Å². The summed E-state index contributed by atoms with van der Waals surface area (Å²) in [5.41, 5.74) is 2.68. The van der Waals surface area contributed by atoms with Crippen LogP contribution in [0.15, 0.2) is 37.1 Å². The predicted molar refractivity (Wildman–Crippen MR) is 127 cm³/mol. The number of pyridine rings is 2. The number of nitrogens with zero attached hydrogens (tertiary/aromatic N) is 3. The molecule has 0 saturated carbocycles. The lowest BCUT2D eigenvalue weighted by molar-refractivity contribution is 0.0839. The molecule has 3 atom stereocenters. The summed E-state index contributed by atoms with van der Waals surface area (Å²) < 4.78 is 5.27. The van der Waals surface area contributed by atoms with E-state index in [-0.39, 0.29) is 0 Å². The largest absolute Gasteiger partial charge is 0.481 e. The number of piperidine rings is 1. The quantitative estimate of drug-likeness (QED) is 0.382. The SMILES string of the molecule is C=C[C@H]1CN(CCCCCCC)CC[C@H]1CC(O)Cc1ccnc2ccc(OC)nc12. The number of aromatic nitrogens is 2. The van der Waals surface area contributed by atoms with Gasteiger partial charge in [-0.3, -0.25) is 4.98 Å². The number of hydrogen-bond donors (Lipinski definition) is 1. The third-order valence-corrected chi connectivity index (χ3v) is 6.65. The summed E-state index contributed by atoms with van der Waals surface area (Å²) in [5.74, 6) is 1.51. The maximum atomic E-state index is 10.9. The Bertz CT molecular complexity index is 825. The van der Waals surface area contributed by atoms with Crippen molar-refractivity contribution < 1.29 is 9.84 Å². The van der Waals surface area contributed by atoms with E-state index in [0.29, 0.717) is 24.1 Å². The van der Waals surface area contributed by atoms with Crippen LogP contribution in [0.2, 0.25) is 0 Å². The standard InChI is InChI=1S/C26H39N3O2/c1-4-6-7-8-9-15-29-16-13-21(20(5-2)19-29)17-23(30)18-22-12-14-27-24-10-11-25(31-3)28-26(22)24/h5,10-12,14,20-21,23,30H,2,4,6-9,13,15-19H2,1,3H3/t20-,21-,23?/m0/s1. The molecule has 1 aliphatic heterocycles. The summed E-state index contributed by atoms with van der Waals surface area (Å²) in [5, 5.41) is 10.9. The van der Waals surface area contributed by atoms with E-state index in [0.717, 1.165) is 42.5 Å². The van der Waals surface area contributed by atoms with Gasteiger partial charge in [-0.2, -0.15) is 0 Å². The van der Waals surface area contributed by atoms with Crippen LogP contribution in [-0.2, 0) is 6.42 Å². The molecule has 170 valence electrons. The summed E-state index contributed by atoms with van der Waals surface area (Å²) in [6.45, 7) is 9.76. The van der Waals surface area contributed by atoms with Gasteiger partial charge in [-0.15, -0.1) is 6.58 Å². The fourth-order valence-corrected chi connectivity index (χ4v) is 4.83. The summed E-state index contributed by atoms with van der Waals surface area (Å²) in [7, 11) is 1.62. The van der Waals surface area contributed by atoms with Crippen LogP contribution < -0.4 is 4.74 Å². The fourth-order valence-electron chi connectivity index (χ4n) is 4.83. The average Bonchev–Trinajstić information content (AvgIpc) is 2.79. The first-order valence-corrected chi connectivity index (χ1v) is 12.0. The number of fused-ring (bicyclic) bond motifs is 1. The molecule has 5 nitrogen and oxygen atoms in total. The van der Waals surface area contributed by atoms with Crippen LogP contribution in [0.25, 0.3) is 11.0 Å². The molecule has 0 spiro atoms. The van der Waals surface area contributed by atoms with E-state index >= 15 is 0 Å². The van der Waals surface area contributed by atoms with Gasteiger partial charge in [-0.1, -0.05) is 38.7 Å². The smallest absolute Gasteiger partial charge is 0.213 e. The van der Waals surface area contributed by atoms with E-state index in [4.69, 9.17) is 4.74 Å². The minimum atomic E-state index is -0.397. The van der Waals surface area contributed by atoms with Crippen molar-refractivity contribution in [1.29, 1.82) is 0 Å². The lowest BCUT2D eigenvalue weighted by atomic mass is 9.81. The van der Waals surface area contributed by atoms with Crippen molar-refractivity contribution in [3.05, 3.63) is 42.6 Å².